The Balaban J connectivity index is 2.86. The van der Waals surface area contributed by atoms with Gasteiger partial charge in [-0.25, -0.2) is 0 Å². The molecule has 1 aromatic carbocycles. The topological polar surface area (TPSA) is 58.6 Å². The van der Waals surface area contributed by atoms with Crippen molar-refractivity contribution < 1.29 is 5.21 Å². The molecule has 0 amide bonds. The predicted octanol–water partition coefficient (Wildman–Crippen LogP) is 2.10. The molecule has 0 saturated carbocycles. The maximum Gasteiger partial charge on any atom is 0.162 e. The molecule has 0 radical (unpaired) electrons. The molecule has 3 nitrogen and oxygen atoms in total. The van der Waals surface area contributed by atoms with Crippen molar-refractivity contribution in [3.8, 4) is 0 Å². The number of oxime groups is 1. The summed E-state index contributed by atoms with van der Waals surface area (Å²) in [6.07, 6.45) is 3.15. The Morgan fingerprint density at radius 3 is 2.77 bits per heavy atom. The van der Waals surface area contributed by atoms with E-state index in [-0.39, 0.29) is 5.84 Å². The van der Waals surface area contributed by atoms with Crippen molar-refractivity contribution in [1.29, 1.82) is 0 Å². The Kier molecular flexibility index (Phi) is 3.34. The third kappa shape index (κ3) is 2.80. The van der Waals surface area contributed by atoms with Crippen LogP contribution in [0, 0.1) is 0 Å². The first-order chi connectivity index (χ1) is 6.24. The monoisotopic (exact) mass is 196 g/mol. The highest BCUT2D eigenvalue weighted by atomic mass is 35.5. The summed E-state index contributed by atoms with van der Waals surface area (Å²) >= 11 is 5.86. The summed E-state index contributed by atoms with van der Waals surface area (Å²) in [5, 5.41) is 11.7. The second-order valence-electron chi connectivity index (χ2n) is 2.38. The van der Waals surface area contributed by atoms with Crippen LogP contribution in [-0.2, 0) is 0 Å². The third-order valence-corrected chi connectivity index (χ3v) is 1.80. The van der Waals surface area contributed by atoms with Crippen molar-refractivity contribution in [2.24, 2.45) is 10.9 Å². The maximum atomic E-state index is 8.26. The fraction of sp³-hybridized carbons (Fsp3) is 0. The van der Waals surface area contributed by atoms with Gasteiger partial charge in [0.2, 0.25) is 0 Å². The van der Waals surface area contributed by atoms with E-state index < -0.39 is 0 Å². The molecule has 0 aliphatic rings. The smallest absolute Gasteiger partial charge is 0.162 e. The first-order valence-corrected chi connectivity index (χ1v) is 4.02. The minimum absolute atomic E-state index is 0.0416. The number of hydrogen-bond acceptors (Lipinski definition) is 2. The van der Waals surface area contributed by atoms with Crippen LogP contribution in [0.4, 0.5) is 0 Å². The Labute approximate surface area is 81.1 Å². The molecule has 0 unspecified atom stereocenters. The van der Waals surface area contributed by atoms with Gasteiger partial charge in [0.25, 0.3) is 0 Å². The molecule has 0 aliphatic heterocycles. The Morgan fingerprint density at radius 1 is 1.46 bits per heavy atom. The minimum Gasteiger partial charge on any atom is -0.409 e. The van der Waals surface area contributed by atoms with Gasteiger partial charge in [-0.05, 0) is 23.8 Å². The van der Waals surface area contributed by atoms with Gasteiger partial charge in [0.05, 0.1) is 0 Å². The van der Waals surface area contributed by atoms with Gasteiger partial charge >= 0.3 is 0 Å². The Morgan fingerprint density at radius 2 is 2.15 bits per heavy atom. The zero-order chi connectivity index (χ0) is 9.68. The molecule has 1 rings (SSSR count). The SMILES string of the molecule is NC(C=Cc1ccccc1Cl)=NO. The molecule has 0 saturated heterocycles. The molecule has 0 heterocycles. The van der Waals surface area contributed by atoms with Crippen LogP contribution in [0.3, 0.4) is 0 Å². The lowest BCUT2D eigenvalue weighted by molar-refractivity contribution is 0.319. The van der Waals surface area contributed by atoms with E-state index in [1.807, 2.05) is 18.2 Å². The van der Waals surface area contributed by atoms with Crippen LogP contribution in [0.15, 0.2) is 35.5 Å². The normalized spacial score (nSPS) is 12.2. The van der Waals surface area contributed by atoms with Crippen molar-refractivity contribution in [1.82, 2.24) is 0 Å². The summed E-state index contributed by atoms with van der Waals surface area (Å²) in [5.74, 6) is 0.0416. The molecule has 1 aromatic rings. The van der Waals surface area contributed by atoms with Crippen LogP contribution in [0.25, 0.3) is 6.08 Å². The molecule has 0 bridgehead atoms. The van der Waals surface area contributed by atoms with E-state index in [1.54, 1.807) is 12.1 Å². The van der Waals surface area contributed by atoms with E-state index in [0.29, 0.717) is 5.02 Å². The van der Waals surface area contributed by atoms with Crippen molar-refractivity contribution in [2.75, 3.05) is 0 Å². The molecular formula is C9H9ClN2O. The quantitative estimate of drug-likeness (QED) is 0.329. The summed E-state index contributed by atoms with van der Waals surface area (Å²) in [7, 11) is 0. The first kappa shape index (κ1) is 9.61. The van der Waals surface area contributed by atoms with Crippen LogP contribution in [0.1, 0.15) is 5.56 Å². The van der Waals surface area contributed by atoms with Gasteiger partial charge in [0.1, 0.15) is 0 Å². The predicted molar refractivity (Wildman–Crippen MR) is 53.9 cm³/mol. The van der Waals surface area contributed by atoms with Gasteiger partial charge in [-0.1, -0.05) is 35.0 Å². The lowest BCUT2D eigenvalue weighted by Gasteiger charge is -1.95. The molecular weight excluding hydrogens is 188 g/mol. The average Bonchev–Trinajstić information content (AvgIpc) is 2.16. The second-order valence-corrected chi connectivity index (χ2v) is 2.79. The summed E-state index contributed by atoms with van der Waals surface area (Å²) in [4.78, 5) is 0. The highest BCUT2D eigenvalue weighted by molar-refractivity contribution is 6.32. The van der Waals surface area contributed by atoms with Crippen molar-refractivity contribution >= 4 is 23.5 Å². The highest BCUT2D eigenvalue weighted by Crippen LogP contribution is 2.15. The summed E-state index contributed by atoms with van der Waals surface area (Å²) < 4.78 is 0. The summed E-state index contributed by atoms with van der Waals surface area (Å²) in [5.41, 5.74) is 6.07. The van der Waals surface area contributed by atoms with Crippen molar-refractivity contribution in [3.63, 3.8) is 0 Å². The van der Waals surface area contributed by atoms with E-state index in [2.05, 4.69) is 5.16 Å². The van der Waals surface area contributed by atoms with Gasteiger partial charge in [-0.2, -0.15) is 0 Å². The Bertz CT molecular complexity index is 347. The molecule has 0 fully saturated rings. The van der Waals surface area contributed by atoms with Gasteiger partial charge < -0.3 is 10.9 Å². The van der Waals surface area contributed by atoms with E-state index >= 15 is 0 Å². The number of hydrogen-bond donors (Lipinski definition) is 2. The van der Waals surface area contributed by atoms with E-state index in [1.165, 1.54) is 6.08 Å². The number of halogens is 1. The molecule has 0 aromatic heterocycles. The fourth-order valence-corrected chi connectivity index (χ4v) is 1.02. The zero-order valence-corrected chi connectivity index (χ0v) is 7.57. The van der Waals surface area contributed by atoms with Crippen LogP contribution in [0.5, 0.6) is 0 Å². The van der Waals surface area contributed by atoms with Gasteiger partial charge in [-0.15, -0.1) is 0 Å². The van der Waals surface area contributed by atoms with Crippen molar-refractivity contribution in [3.05, 3.63) is 40.9 Å². The lowest BCUT2D eigenvalue weighted by Crippen LogP contribution is -2.06. The van der Waals surface area contributed by atoms with Crippen LogP contribution >= 0.6 is 11.6 Å². The third-order valence-electron chi connectivity index (χ3n) is 1.45. The molecule has 3 N–H and O–H groups in total. The molecule has 4 heteroatoms. The standard InChI is InChI=1S/C9H9ClN2O/c10-8-4-2-1-3-7(8)5-6-9(11)12-13/h1-6,13H,(H2,11,12). The zero-order valence-electron chi connectivity index (χ0n) is 6.81. The van der Waals surface area contributed by atoms with Gasteiger partial charge in [0, 0.05) is 5.02 Å². The van der Waals surface area contributed by atoms with Crippen LogP contribution in [-0.4, -0.2) is 11.0 Å². The number of rotatable bonds is 2. The molecule has 0 spiro atoms. The molecule has 13 heavy (non-hydrogen) atoms. The first-order valence-electron chi connectivity index (χ1n) is 3.64. The second kappa shape index (κ2) is 4.52. The van der Waals surface area contributed by atoms with Gasteiger partial charge in [-0.3, -0.25) is 0 Å². The lowest BCUT2D eigenvalue weighted by atomic mass is 10.2. The van der Waals surface area contributed by atoms with E-state index in [0.717, 1.165) is 5.56 Å². The summed E-state index contributed by atoms with van der Waals surface area (Å²) in [6, 6.07) is 7.30. The largest absolute Gasteiger partial charge is 0.409 e. The van der Waals surface area contributed by atoms with Gasteiger partial charge in [0.15, 0.2) is 5.84 Å². The molecule has 0 atom stereocenters. The van der Waals surface area contributed by atoms with Crippen LogP contribution < -0.4 is 5.73 Å². The Hall–Kier alpha value is -1.48. The number of nitrogens with zero attached hydrogens (tertiary/aromatic N) is 1. The molecule has 68 valence electrons. The fourth-order valence-electron chi connectivity index (χ4n) is 0.819. The summed E-state index contributed by atoms with van der Waals surface area (Å²) in [6.45, 7) is 0. The maximum absolute atomic E-state index is 8.26. The minimum atomic E-state index is 0.0416. The number of amidine groups is 1. The number of nitrogens with two attached hydrogens (primary N) is 1. The van der Waals surface area contributed by atoms with Crippen molar-refractivity contribution in [2.45, 2.75) is 0 Å². The molecule has 0 aliphatic carbocycles. The van der Waals surface area contributed by atoms with Crippen LogP contribution in [0.2, 0.25) is 5.02 Å². The average molecular weight is 197 g/mol. The number of benzene rings is 1. The van der Waals surface area contributed by atoms with E-state index in [9.17, 15) is 0 Å². The highest BCUT2D eigenvalue weighted by Gasteiger charge is 1.93. The van der Waals surface area contributed by atoms with E-state index in [4.69, 9.17) is 22.5 Å².